The van der Waals surface area contributed by atoms with Crippen LogP contribution in [0.3, 0.4) is 0 Å². The molecule has 0 spiro atoms. The van der Waals surface area contributed by atoms with Crippen LogP contribution in [0.2, 0.25) is 0 Å². The van der Waals surface area contributed by atoms with Crippen molar-refractivity contribution in [1.82, 2.24) is 19.7 Å². The molecule has 0 saturated carbocycles. The largest absolute Gasteiger partial charge is 0.451 e. The highest BCUT2D eigenvalue weighted by Crippen LogP contribution is 2.37. The number of hydrogen-bond acceptors (Lipinski definition) is 3. The molecule has 1 atom stereocenters. The molecule has 8 heteroatoms. The Hall–Kier alpha value is -1.96. The standard InChI is InChI=1S/C16H16F4N4/c17-11-5-4-10-2-1-3-13(12(10)8-11)23-6-7-24-14(9-23)21-22-15(24)16(18,19)20/h4-5,8,13H,1-3,6-7,9H2. The van der Waals surface area contributed by atoms with Crippen molar-refractivity contribution in [1.29, 1.82) is 0 Å². The lowest BCUT2D eigenvalue weighted by atomic mass is 9.86. The molecule has 0 N–H and O–H groups in total. The Kier molecular flexibility index (Phi) is 3.59. The van der Waals surface area contributed by atoms with E-state index < -0.39 is 12.0 Å². The molecule has 1 unspecified atom stereocenters. The number of hydrogen-bond donors (Lipinski definition) is 0. The van der Waals surface area contributed by atoms with Crippen LogP contribution in [-0.2, 0) is 25.7 Å². The molecule has 24 heavy (non-hydrogen) atoms. The van der Waals surface area contributed by atoms with Gasteiger partial charge in [0.15, 0.2) is 0 Å². The highest BCUT2D eigenvalue weighted by molar-refractivity contribution is 5.33. The zero-order valence-corrected chi connectivity index (χ0v) is 12.9. The third kappa shape index (κ3) is 2.58. The molecule has 0 radical (unpaired) electrons. The fourth-order valence-corrected chi connectivity index (χ4v) is 3.78. The van der Waals surface area contributed by atoms with Gasteiger partial charge < -0.3 is 4.57 Å². The first-order valence-corrected chi connectivity index (χ1v) is 7.95. The number of aromatic nitrogens is 3. The summed E-state index contributed by atoms with van der Waals surface area (Å²) in [4.78, 5) is 2.08. The van der Waals surface area contributed by atoms with Gasteiger partial charge in [-0.2, -0.15) is 13.2 Å². The molecule has 0 amide bonds. The number of nitrogens with zero attached hydrogens (tertiary/aromatic N) is 4. The fourth-order valence-electron chi connectivity index (χ4n) is 3.78. The maximum absolute atomic E-state index is 13.6. The monoisotopic (exact) mass is 340 g/mol. The van der Waals surface area contributed by atoms with Crippen molar-refractivity contribution < 1.29 is 17.6 Å². The summed E-state index contributed by atoms with van der Waals surface area (Å²) in [5.41, 5.74) is 2.07. The summed E-state index contributed by atoms with van der Waals surface area (Å²) in [5.74, 6) is -0.899. The van der Waals surface area contributed by atoms with Crippen LogP contribution in [0, 0.1) is 5.82 Å². The summed E-state index contributed by atoms with van der Waals surface area (Å²) in [7, 11) is 0. The number of rotatable bonds is 1. The van der Waals surface area contributed by atoms with Crippen molar-refractivity contribution in [3.8, 4) is 0 Å². The van der Waals surface area contributed by atoms with Crippen LogP contribution in [0.15, 0.2) is 18.2 Å². The zero-order valence-electron chi connectivity index (χ0n) is 12.9. The van der Waals surface area contributed by atoms with Gasteiger partial charge in [0.1, 0.15) is 11.6 Å². The molecule has 128 valence electrons. The van der Waals surface area contributed by atoms with Crippen molar-refractivity contribution in [2.45, 2.75) is 44.6 Å². The predicted molar refractivity (Wildman–Crippen MR) is 77.5 cm³/mol. The summed E-state index contributed by atoms with van der Waals surface area (Å²) in [6, 6.07) is 4.85. The van der Waals surface area contributed by atoms with Crippen LogP contribution in [0.25, 0.3) is 0 Å². The van der Waals surface area contributed by atoms with E-state index in [1.165, 1.54) is 6.07 Å². The molecule has 4 rings (SSSR count). The molecule has 0 saturated heterocycles. The Bertz CT molecular complexity index is 768. The van der Waals surface area contributed by atoms with E-state index in [1.54, 1.807) is 6.07 Å². The molecule has 2 aliphatic rings. The van der Waals surface area contributed by atoms with Gasteiger partial charge >= 0.3 is 6.18 Å². The van der Waals surface area contributed by atoms with Gasteiger partial charge in [0.05, 0.1) is 6.54 Å². The molecule has 0 bridgehead atoms. The Morgan fingerprint density at radius 2 is 1.96 bits per heavy atom. The van der Waals surface area contributed by atoms with Crippen LogP contribution in [0.5, 0.6) is 0 Å². The first-order valence-electron chi connectivity index (χ1n) is 7.95. The van der Waals surface area contributed by atoms with E-state index in [9.17, 15) is 17.6 Å². The SMILES string of the molecule is Fc1ccc2c(c1)C(N1CCn3c(nnc3C(F)(F)F)C1)CCC2. The first kappa shape index (κ1) is 15.6. The normalized spacial score (nSPS) is 21.4. The van der Waals surface area contributed by atoms with Crippen molar-refractivity contribution in [2.75, 3.05) is 6.54 Å². The van der Waals surface area contributed by atoms with E-state index in [1.807, 2.05) is 6.07 Å². The molecule has 1 aliphatic carbocycles. The van der Waals surface area contributed by atoms with Gasteiger partial charge in [-0.15, -0.1) is 10.2 Å². The molecule has 4 nitrogen and oxygen atoms in total. The molecule has 1 aromatic carbocycles. The van der Waals surface area contributed by atoms with E-state index >= 15 is 0 Å². The Balaban J connectivity index is 1.63. The molecule has 1 aromatic heterocycles. The van der Waals surface area contributed by atoms with Crippen molar-refractivity contribution >= 4 is 0 Å². The molecular formula is C16H16F4N4. The summed E-state index contributed by atoms with van der Waals surface area (Å²) >= 11 is 0. The molecule has 2 aromatic rings. The van der Waals surface area contributed by atoms with Crippen LogP contribution >= 0.6 is 0 Å². The minimum absolute atomic E-state index is 0.0178. The number of halogens is 4. The first-order chi connectivity index (χ1) is 11.4. The van der Waals surface area contributed by atoms with Gasteiger partial charge in [0, 0.05) is 19.1 Å². The van der Waals surface area contributed by atoms with E-state index in [4.69, 9.17) is 0 Å². The summed E-state index contributed by atoms with van der Waals surface area (Å²) in [6.45, 7) is 0.955. The van der Waals surface area contributed by atoms with E-state index in [-0.39, 0.29) is 18.4 Å². The summed E-state index contributed by atoms with van der Waals surface area (Å²) in [5, 5.41) is 7.03. The Morgan fingerprint density at radius 1 is 1.12 bits per heavy atom. The average molecular weight is 340 g/mol. The third-order valence-corrected chi connectivity index (χ3v) is 4.87. The predicted octanol–water partition coefficient (Wildman–Crippen LogP) is 3.33. The quantitative estimate of drug-likeness (QED) is 0.747. The van der Waals surface area contributed by atoms with Crippen molar-refractivity contribution in [3.63, 3.8) is 0 Å². The van der Waals surface area contributed by atoms with Crippen LogP contribution in [-0.4, -0.2) is 26.2 Å². The Labute approximate surface area is 136 Å². The zero-order chi connectivity index (χ0) is 16.9. The summed E-state index contributed by atoms with van der Waals surface area (Å²) in [6.07, 6.45) is -1.72. The van der Waals surface area contributed by atoms with Crippen molar-refractivity contribution in [2.24, 2.45) is 0 Å². The second-order valence-electron chi connectivity index (χ2n) is 6.31. The third-order valence-electron chi connectivity index (χ3n) is 4.87. The van der Waals surface area contributed by atoms with Gasteiger partial charge in [0.25, 0.3) is 0 Å². The average Bonchev–Trinajstić information content (AvgIpc) is 2.97. The fraction of sp³-hybridized carbons (Fsp3) is 0.500. The van der Waals surface area contributed by atoms with Gasteiger partial charge in [-0.3, -0.25) is 4.90 Å². The summed E-state index contributed by atoms with van der Waals surface area (Å²) < 4.78 is 53.6. The highest BCUT2D eigenvalue weighted by atomic mass is 19.4. The van der Waals surface area contributed by atoms with Gasteiger partial charge in [0.2, 0.25) is 5.82 Å². The Morgan fingerprint density at radius 3 is 2.75 bits per heavy atom. The number of benzene rings is 1. The molecule has 0 fully saturated rings. The number of aryl methyl sites for hydroxylation is 1. The maximum Gasteiger partial charge on any atom is 0.451 e. The lowest BCUT2D eigenvalue weighted by Crippen LogP contribution is -2.39. The van der Waals surface area contributed by atoms with Crippen molar-refractivity contribution in [3.05, 3.63) is 46.8 Å². The van der Waals surface area contributed by atoms with Crippen LogP contribution in [0.4, 0.5) is 17.6 Å². The topological polar surface area (TPSA) is 34.0 Å². The molecule has 1 aliphatic heterocycles. The smallest absolute Gasteiger partial charge is 0.305 e. The molecule has 2 heterocycles. The lowest BCUT2D eigenvalue weighted by Gasteiger charge is -2.38. The van der Waals surface area contributed by atoms with E-state index in [0.29, 0.717) is 18.9 Å². The second kappa shape index (κ2) is 5.54. The molecular weight excluding hydrogens is 324 g/mol. The highest BCUT2D eigenvalue weighted by Gasteiger charge is 2.40. The number of fused-ring (bicyclic) bond motifs is 2. The van der Waals surface area contributed by atoms with Crippen LogP contribution in [0.1, 0.15) is 41.7 Å². The lowest BCUT2D eigenvalue weighted by molar-refractivity contribution is -0.148. The minimum atomic E-state index is -4.49. The van der Waals surface area contributed by atoms with Gasteiger partial charge in [-0.25, -0.2) is 4.39 Å². The van der Waals surface area contributed by atoms with E-state index in [0.717, 1.165) is 35.0 Å². The van der Waals surface area contributed by atoms with Gasteiger partial charge in [-0.05, 0) is 42.5 Å². The van der Waals surface area contributed by atoms with Crippen LogP contribution < -0.4 is 0 Å². The second-order valence-corrected chi connectivity index (χ2v) is 6.31. The minimum Gasteiger partial charge on any atom is -0.305 e. The van der Waals surface area contributed by atoms with Gasteiger partial charge in [-0.1, -0.05) is 6.07 Å². The van der Waals surface area contributed by atoms with E-state index in [2.05, 4.69) is 15.1 Å². The maximum atomic E-state index is 13.6. The number of alkyl halides is 3.